The molecule has 0 heterocycles. The van der Waals surface area contributed by atoms with Crippen molar-refractivity contribution in [2.24, 2.45) is 0 Å². The molecule has 0 spiro atoms. The fourth-order valence-corrected chi connectivity index (χ4v) is 5.05. The van der Waals surface area contributed by atoms with Gasteiger partial charge in [-0.15, -0.1) is 0 Å². The Labute approximate surface area is 367 Å². The van der Waals surface area contributed by atoms with Crippen LogP contribution in [0.15, 0.2) is 72.8 Å². The second kappa shape index (κ2) is 35.3. The quantitative estimate of drug-likeness (QED) is 0.0419. The monoisotopic (exact) mass is 900 g/mol. The van der Waals surface area contributed by atoms with Crippen LogP contribution in [0.2, 0.25) is 0 Å². The molecule has 0 atom stereocenters. The Hall–Kier alpha value is -4.12. The predicted molar refractivity (Wildman–Crippen MR) is 227 cm³/mol. The Kier molecular flexibility index (Phi) is 29.8. The first-order valence-corrected chi connectivity index (χ1v) is 20.9. The number of benzene rings is 3. The van der Waals surface area contributed by atoms with Crippen LogP contribution in [0.5, 0.6) is 5.75 Å². The van der Waals surface area contributed by atoms with Crippen LogP contribution < -0.4 is 15.8 Å². The van der Waals surface area contributed by atoms with Crippen molar-refractivity contribution in [1.82, 2.24) is 0 Å². The van der Waals surface area contributed by atoms with Gasteiger partial charge in [0.25, 0.3) is 0 Å². The molecular weight excluding hydrogens is 837 g/mol. The molecule has 63 heavy (non-hydrogen) atoms. The second-order valence-corrected chi connectivity index (χ2v) is 13.0. The number of anilines is 3. The maximum absolute atomic E-state index is 13.1. The lowest BCUT2D eigenvalue weighted by molar-refractivity contribution is -0.137. The molecule has 0 saturated carbocycles. The normalized spacial score (nSPS) is 11.5. The lowest BCUT2D eigenvalue weighted by Gasteiger charge is -2.13. The lowest BCUT2D eigenvalue weighted by Crippen LogP contribution is -2.16. The zero-order chi connectivity index (χ0) is 44.9. The van der Waals surface area contributed by atoms with Crippen LogP contribution in [-0.2, 0) is 63.0 Å². The van der Waals surface area contributed by atoms with Crippen LogP contribution >= 0.6 is 0 Å². The number of nitrogen functional groups attached to an aromatic ring is 1. The van der Waals surface area contributed by atoms with Crippen molar-refractivity contribution in [3.05, 3.63) is 83.9 Å². The van der Waals surface area contributed by atoms with E-state index < -0.39 is 17.7 Å². The summed E-state index contributed by atoms with van der Waals surface area (Å²) in [7, 11) is 0. The summed E-state index contributed by atoms with van der Waals surface area (Å²) in [6.07, 6.45) is -4.48. The average molecular weight is 901 g/mol. The molecule has 0 bridgehead atoms. The van der Waals surface area contributed by atoms with E-state index >= 15 is 0 Å². The first kappa shape index (κ1) is 53.2. The predicted octanol–water partition coefficient (Wildman–Crippen LogP) is 5.45. The highest BCUT2D eigenvalue weighted by atomic mass is 19.4. The van der Waals surface area contributed by atoms with Crippen molar-refractivity contribution in [3.8, 4) is 5.75 Å². The summed E-state index contributed by atoms with van der Waals surface area (Å²) < 4.78 is 110. The third kappa shape index (κ3) is 27.6. The SMILES string of the molecule is Nc1ccc(OCCOCCOCCOCCOCCOCCOCCOCCOCCOCCOCCOCCOC(=O)c2ccccc2Nc2cccc(C(F)(F)F)c2)cc1. The van der Waals surface area contributed by atoms with Crippen molar-refractivity contribution in [2.45, 2.75) is 6.18 Å². The van der Waals surface area contributed by atoms with E-state index in [2.05, 4.69) is 5.32 Å². The third-order valence-corrected chi connectivity index (χ3v) is 8.17. The van der Waals surface area contributed by atoms with E-state index in [1.165, 1.54) is 18.2 Å². The van der Waals surface area contributed by atoms with Crippen molar-refractivity contribution in [3.63, 3.8) is 0 Å². The summed E-state index contributed by atoms with van der Waals surface area (Å²) in [5.74, 6) is 0.126. The minimum absolute atomic E-state index is 0.00686. The van der Waals surface area contributed by atoms with E-state index in [9.17, 15) is 18.0 Å². The number of carbonyl (C=O) groups is 1. The lowest BCUT2D eigenvalue weighted by atomic mass is 10.1. The summed E-state index contributed by atoms with van der Waals surface area (Å²) in [4.78, 5) is 12.6. The Morgan fingerprint density at radius 2 is 0.841 bits per heavy atom. The summed E-state index contributed by atoms with van der Waals surface area (Å²) in [5, 5.41) is 2.86. The number of ether oxygens (including phenoxy) is 13. The van der Waals surface area contributed by atoms with Crippen molar-refractivity contribution in [1.29, 1.82) is 0 Å². The molecule has 3 rings (SSSR count). The highest BCUT2D eigenvalue weighted by Gasteiger charge is 2.30. The molecule has 0 aliphatic carbocycles. The van der Waals surface area contributed by atoms with E-state index in [0.717, 1.165) is 17.9 Å². The van der Waals surface area contributed by atoms with Crippen LogP contribution in [0.1, 0.15) is 15.9 Å². The highest BCUT2D eigenvalue weighted by Crippen LogP contribution is 2.32. The Morgan fingerprint density at radius 3 is 1.25 bits per heavy atom. The molecule has 0 aromatic heterocycles. The van der Waals surface area contributed by atoms with Gasteiger partial charge in [-0.1, -0.05) is 18.2 Å². The zero-order valence-electron chi connectivity index (χ0n) is 35.8. The standard InChI is InChI=1S/C44H63F3N2O14/c45-44(46,47)37-4-3-5-39(36-37)49-42-7-2-1-6-41(42)43(50)63-35-33-61-31-29-59-27-25-57-23-21-55-19-17-53-15-13-51-12-14-52-16-18-54-20-22-56-24-26-58-28-30-60-32-34-62-40-10-8-38(48)9-11-40/h1-11,36,49H,12-35,48H2. The van der Waals surface area contributed by atoms with Gasteiger partial charge >= 0.3 is 12.1 Å². The average Bonchev–Trinajstić information content (AvgIpc) is 3.28. The first-order chi connectivity index (χ1) is 30.8. The summed E-state index contributed by atoms with van der Waals surface area (Å²) in [6, 6.07) is 18.3. The van der Waals surface area contributed by atoms with Crippen molar-refractivity contribution >= 4 is 23.0 Å². The minimum atomic E-state index is -4.48. The fourth-order valence-electron chi connectivity index (χ4n) is 5.05. The molecule has 0 radical (unpaired) electrons. The molecule has 0 amide bonds. The topological polar surface area (TPSA) is 175 Å². The molecule has 3 N–H and O–H groups in total. The van der Waals surface area contributed by atoms with Gasteiger partial charge in [-0.05, 0) is 54.6 Å². The van der Waals surface area contributed by atoms with Gasteiger partial charge in [0.05, 0.1) is 162 Å². The fraction of sp³-hybridized carbons (Fsp3) is 0.568. The molecule has 0 saturated heterocycles. The Bertz CT molecular complexity index is 1580. The molecule has 3 aromatic rings. The number of rotatable bonds is 40. The molecule has 0 aliphatic heterocycles. The number of alkyl halides is 3. The summed E-state index contributed by atoms with van der Waals surface area (Å²) in [5.41, 5.74) is 6.24. The minimum Gasteiger partial charge on any atom is -0.491 e. The van der Waals surface area contributed by atoms with Crippen LogP contribution in [-0.4, -0.2) is 165 Å². The first-order valence-electron chi connectivity index (χ1n) is 20.9. The largest absolute Gasteiger partial charge is 0.491 e. The molecule has 0 unspecified atom stereocenters. The van der Waals surface area contributed by atoms with Gasteiger partial charge in [-0.25, -0.2) is 4.79 Å². The number of nitrogens with two attached hydrogens (primary N) is 1. The van der Waals surface area contributed by atoms with Crippen LogP contribution in [0.25, 0.3) is 0 Å². The van der Waals surface area contributed by atoms with Crippen LogP contribution in [0, 0.1) is 0 Å². The van der Waals surface area contributed by atoms with Gasteiger partial charge in [0.15, 0.2) is 0 Å². The van der Waals surface area contributed by atoms with Crippen LogP contribution in [0.4, 0.5) is 30.2 Å². The van der Waals surface area contributed by atoms with Gasteiger partial charge in [-0.3, -0.25) is 0 Å². The van der Waals surface area contributed by atoms with Gasteiger partial charge in [0.2, 0.25) is 0 Å². The van der Waals surface area contributed by atoms with E-state index in [1.54, 1.807) is 30.3 Å². The van der Waals surface area contributed by atoms with E-state index in [0.29, 0.717) is 157 Å². The highest BCUT2D eigenvalue weighted by molar-refractivity contribution is 5.96. The van der Waals surface area contributed by atoms with E-state index in [1.807, 2.05) is 12.1 Å². The van der Waals surface area contributed by atoms with Crippen molar-refractivity contribution < 1.29 is 79.5 Å². The van der Waals surface area contributed by atoms with Crippen molar-refractivity contribution in [2.75, 3.05) is 170 Å². The number of hydrogen-bond acceptors (Lipinski definition) is 16. The van der Waals surface area contributed by atoms with Gasteiger partial charge in [-0.2, -0.15) is 13.2 Å². The van der Waals surface area contributed by atoms with E-state index in [-0.39, 0.29) is 24.5 Å². The maximum atomic E-state index is 13.1. The Balaban J connectivity index is 0.957. The zero-order valence-corrected chi connectivity index (χ0v) is 35.8. The van der Waals surface area contributed by atoms with Gasteiger partial charge in [0, 0.05) is 11.4 Å². The number of esters is 1. The maximum Gasteiger partial charge on any atom is 0.416 e. The Morgan fingerprint density at radius 1 is 0.460 bits per heavy atom. The third-order valence-electron chi connectivity index (χ3n) is 8.17. The molecule has 354 valence electrons. The van der Waals surface area contributed by atoms with Gasteiger partial charge in [0.1, 0.15) is 19.0 Å². The molecule has 0 fully saturated rings. The van der Waals surface area contributed by atoms with Crippen LogP contribution in [0.3, 0.4) is 0 Å². The smallest absolute Gasteiger partial charge is 0.416 e. The molecule has 19 heteroatoms. The second-order valence-electron chi connectivity index (χ2n) is 13.0. The van der Waals surface area contributed by atoms with Gasteiger partial charge < -0.3 is 72.6 Å². The van der Waals surface area contributed by atoms with E-state index in [4.69, 9.17) is 67.3 Å². The number of halogens is 3. The number of para-hydroxylation sites is 1. The summed E-state index contributed by atoms with van der Waals surface area (Å²) >= 11 is 0. The molecule has 3 aromatic carbocycles. The molecular formula is C44H63F3N2O14. The number of carbonyl (C=O) groups excluding carboxylic acids is 1. The molecule has 0 aliphatic rings. The number of hydrogen-bond donors (Lipinski definition) is 2. The summed E-state index contributed by atoms with van der Waals surface area (Å²) in [6.45, 7) is 9.91. The molecule has 16 nitrogen and oxygen atoms in total. The number of nitrogens with one attached hydrogen (secondary N) is 1.